The molecule has 0 amide bonds. The number of methoxy groups -OCH3 is 1. The summed E-state index contributed by atoms with van der Waals surface area (Å²) >= 11 is 6.16. The normalized spacial score (nSPS) is 10.5. The highest BCUT2D eigenvalue weighted by Gasteiger charge is 2.14. The standard InChI is InChI=1S/C18H18ClFO3/c1-11-7-15(19)17(8-12(11)2)23-10-14-13(9-18(21)22-3)5-4-6-16(14)20/h4-8H,9-10H2,1-3H3. The highest BCUT2D eigenvalue weighted by atomic mass is 35.5. The van der Waals surface area contributed by atoms with Gasteiger partial charge < -0.3 is 9.47 Å². The van der Waals surface area contributed by atoms with Crippen LogP contribution in [0, 0.1) is 19.7 Å². The SMILES string of the molecule is COC(=O)Cc1cccc(F)c1COc1cc(C)c(C)cc1Cl. The molecule has 0 saturated heterocycles. The first-order valence-corrected chi connectivity index (χ1v) is 7.52. The molecule has 2 aromatic rings. The molecule has 0 unspecified atom stereocenters. The van der Waals surface area contributed by atoms with Gasteiger partial charge in [-0.2, -0.15) is 0 Å². The molecule has 0 atom stereocenters. The molecule has 3 nitrogen and oxygen atoms in total. The molecule has 5 heteroatoms. The molecular formula is C18H18ClFO3. The van der Waals surface area contributed by atoms with Gasteiger partial charge in [-0.25, -0.2) is 4.39 Å². The van der Waals surface area contributed by atoms with E-state index in [1.807, 2.05) is 26.0 Å². The topological polar surface area (TPSA) is 35.5 Å². The predicted octanol–water partition coefficient (Wildman–Crippen LogP) is 4.39. The zero-order chi connectivity index (χ0) is 17.0. The van der Waals surface area contributed by atoms with Crippen molar-refractivity contribution in [3.05, 3.63) is 63.4 Å². The summed E-state index contributed by atoms with van der Waals surface area (Å²) in [6, 6.07) is 8.20. The Balaban J connectivity index is 2.23. The molecule has 2 rings (SSSR count). The average molecular weight is 337 g/mol. The number of esters is 1. The number of aryl methyl sites for hydroxylation is 2. The van der Waals surface area contributed by atoms with Gasteiger partial charge in [-0.05, 0) is 48.7 Å². The van der Waals surface area contributed by atoms with Crippen LogP contribution in [0.3, 0.4) is 0 Å². The minimum atomic E-state index is -0.430. The lowest BCUT2D eigenvalue weighted by molar-refractivity contribution is -0.139. The van der Waals surface area contributed by atoms with Crippen LogP contribution >= 0.6 is 11.6 Å². The minimum absolute atomic E-state index is 0.00634. The first-order valence-electron chi connectivity index (χ1n) is 7.15. The van der Waals surface area contributed by atoms with Crippen molar-refractivity contribution in [3.63, 3.8) is 0 Å². The Morgan fingerprint density at radius 3 is 2.61 bits per heavy atom. The Hall–Kier alpha value is -2.07. The zero-order valence-corrected chi connectivity index (χ0v) is 14.0. The third-order valence-electron chi connectivity index (χ3n) is 3.70. The summed E-state index contributed by atoms with van der Waals surface area (Å²) in [7, 11) is 1.30. The van der Waals surface area contributed by atoms with Crippen LogP contribution in [0.2, 0.25) is 5.02 Å². The van der Waals surface area contributed by atoms with Gasteiger partial charge in [-0.3, -0.25) is 4.79 Å². The second kappa shape index (κ2) is 7.47. The Bertz CT molecular complexity index is 728. The molecule has 23 heavy (non-hydrogen) atoms. The first kappa shape index (κ1) is 17.3. The fraction of sp³-hybridized carbons (Fsp3) is 0.278. The average Bonchev–Trinajstić information content (AvgIpc) is 2.51. The van der Waals surface area contributed by atoms with Crippen LogP contribution in [0.4, 0.5) is 4.39 Å². The van der Waals surface area contributed by atoms with Gasteiger partial charge in [0.15, 0.2) is 0 Å². The summed E-state index contributed by atoms with van der Waals surface area (Å²) in [5.74, 6) is -0.366. The molecule has 2 aromatic carbocycles. The number of halogens is 2. The predicted molar refractivity (Wildman–Crippen MR) is 87.4 cm³/mol. The number of ether oxygens (including phenoxy) is 2. The lowest BCUT2D eigenvalue weighted by atomic mass is 10.0. The van der Waals surface area contributed by atoms with E-state index >= 15 is 0 Å². The number of hydrogen-bond donors (Lipinski definition) is 0. The van der Waals surface area contributed by atoms with Crippen molar-refractivity contribution in [1.82, 2.24) is 0 Å². The zero-order valence-electron chi connectivity index (χ0n) is 13.3. The van der Waals surface area contributed by atoms with E-state index in [2.05, 4.69) is 4.74 Å². The van der Waals surface area contributed by atoms with Crippen molar-refractivity contribution >= 4 is 17.6 Å². The van der Waals surface area contributed by atoms with Crippen molar-refractivity contribution in [2.24, 2.45) is 0 Å². The highest BCUT2D eigenvalue weighted by molar-refractivity contribution is 6.32. The second-order valence-electron chi connectivity index (χ2n) is 5.29. The Morgan fingerprint density at radius 2 is 1.91 bits per heavy atom. The molecular weight excluding hydrogens is 319 g/mol. The van der Waals surface area contributed by atoms with E-state index in [9.17, 15) is 9.18 Å². The van der Waals surface area contributed by atoms with Crippen molar-refractivity contribution < 1.29 is 18.7 Å². The van der Waals surface area contributed by atoms with Crippen LogP contribution in [0.1, 0.15) is 22.3 Å². The Morgan fingerprint density at radius 1 is 1.22 bits per heavy atom. The van der Waals surface area contributed by atoms with E-state index < -0.39 is 11.8 Å². The van der Waals surface area contributed by atoms with Gasteiger partial charge >= 0.3 is 5.97 Å². The monoisotopic (exact) mass is 336 g/mol. The third kappa shape index (κ3) is 4.23. The van der Waals surface area contributed by atoms with Crippen molar-refractivity contribution in [2.45, 2.75) is 26.9 Å². The van der Waals surface area contributed by atoms with E-state index in [1.54, 1.807) is 12.1 Å². The number of carbonyl (C=O) groups excluding carboxylic acids is 1. The minimum Gasteiger partial charge on any atom is -0.487 e. The molecule has 0 aliphatic rings. The van der Waals surface area contributed by atoms with E-state index in [-0.39, 0.29) is 13.0 Å². The van der Waals surface area contributed by atoms with Gasteiger partial charge in [-0.1, -0.05) is 23.7 Å². The van der Waals surface area contributed by atoms with Gasteiger partial charge in [0.1, 0.15) is 18.2 Å². The summed E-state index contributed by atoms with van der Waals surface area (Å²) in [6.45, 7) is 3.89. The first-order chi connectivity index (χ1) is 10.9. The maximum absolute atomic E-state index is 14.1. The molecule has 122 valence electrons. The highest BCUT2D eigenvalue weighted by Crippen LogP contribution is 2.29. The molecule has 0 aliphatic heterocycles. The Labute approximate surface area is 140 Å². The van der Waals surface area contributed by atoms with Gasteiger partial charge in [0.2, 0.25) is 0 Å². The van der Waals surface area contributed by atoms with E-state index in [4.69, 9.17) is 16.3 Å². The van der Waals surface area contributed by atoms with Crippen molar-refractivity contribution in [2.75, 3.05) is 7.11 Å². The summed E-state index contributed by atoms with van der Waals surface area (Å²) in [5, 5.41) is 0.471. The molecule has 0 saturated carbocycles. The summed E-state index contributed by atoms with van der Waals surface area (Å²) in [4.78, 5) is 11.4. The van der Waals surface area contributed by atoms with Gasteiger partial charge in [-0.15, -0.1) is 0 Å². The second-order valence-corrected chi connectivity index (χ2v) is 5.69. The lowest BCUT2D eigenvalue weighted by Crippen LogP contribution is -2.10. The van der Waals surface area contributed by atoms with Crippen LogP contribution in [0.25, 0.3) is 0 Å². The quantitative estimate of drug-likeness (QED) is 0.760. The number of rotatable bonds is 5. The maximum atomic E-state index is 14.1. The van der Waals surface area contributed by atoms with Crippen molar-refractivity contribution in [1.29, 1.82) is 0 Å². The van der Waals surface area contributed by atoms with Gasteiger partial charge in [0.25, 0.3) is 0 Å². The van der Waals surface area contributed by atoms with Crippen LogP contribution < -0.4 is 4.74 Å². The fourth-order valence-corrected chi connectivity index (χ4v) is 2.45. The summed E-state index contributed by atoms with van der Waals surface area (Å²) < 4.78 is 24.4. The van der Waals surface area contributed by atoms with Crippen LogP contribution in [0.15, 0.2) is 30.3 Å². The molecule has 0 aromatic heterocycles. The van der Waals surface area contributed by atoms with E-state index in [1.165, 1.54) is 13.2 Å². The van der Waals surface area contributed by atoms with Gasteiger partial charge in [0.05, 0.1) is 18.6 Å². The number of hydrogen-bond acceptors (Lipinski definition) is 3. The maximum Gasteiger partial charge on any atom is 0.309 e. The molecule has 0 spiro atoms. The van der Waals surface area contributed by atoms with Crippen LogP contribution in [0.5, 0.6) is 5.75 Å². The molecule has 0 bridgehead atoms. The van der Waals surface area contributed by atoms with Gasteiger partial charge in [0, 0.05) is 5.56 Å². The molecule has 0 fully saturated rings. The summed E-state index contributed by atoms with van der Waals surface area (Å²) in [6.07, 6.45) is -0.00634. The van der Waals surface area contributed by atoms with Crippen molar-refractivity contribution in [3.8, 4) is 5.75 Å². The molecule has 0 radical (unpaired) electrons. The number of carbonyl (C=O) groups is 1. The van der Waals surface area contributed by atoms with Crippen LogP contribution in [-0.2, 0) is 22.6 Å². The molecule has 0 heterocycles. The third-order valence-corrected chi connectivity index (χ3v) is 3.99. The van der Waals surface area contributed by atoms with E-state index in [0.29, 0.717) is 21.9 Å². The Kier molecular flexibility index (Phi) is 5.61. The largest absolute Gasteiger partial charge is 0.487 e. The van der Waals surface area contributed by atoms with E-state index in [0.717, 1.165) is 11.1 Å². The fourth-order valence-electron chi connectivity index (χ4n) is 2.17. The smallest absolute Gasteiger partial charge is 0.309 e. The molecule has 0 N–H and O–H groups in total. The summed E-state index contributed by atoms with van der Waals surface area (Å²) in [5.41, 5.74) is 2.95. The number of benzene rings is 2. The molecule has 0 aliphatic carbocycles. The van der Waals surface area contributed by atoms with Crippen LogP contribution in [-0.4, -0.2) is 13.1 Å². The lowest BCUT2D eigenvalue weighted by Gasteiger charge is -2.14.